The Hall–Kier alpha value is -4.95. The van der Waals surface area contributed by atoms with Gasteiger partial charge in [0.15, 0.2) is 17.5 Å². The van der Waals surface area contributed by atoms with Crippen LogP contribution >= 0.6 is 11.6 Å². The molecule has 0 amide bonds. The Morgan fingerprint density at radius 2 is 1.75 bits per heavy atom. The molecular weight excluding hydrogens is 564 g/mol. The second-order valence-corrected chi connectivity index (χ2v) is 10.5. The molecule has 4 N–H and O–H groups in total. The minimum absolute atomic E-state index is 0.0419. The van der Waals surface area contributed by atoms with Crippen molar-refractivity contribution in [2.24, 2.45) is 0 Å². The van der Waals surface area contributed by atoms with Crippen LogP contribution in [-0.4, -0.2) is 38.4 Å². The fourth-order valence-corrected chi connectivity index (χ4v) is 5.58. The molecule has 6 rings (SSSR count). The van der Waals surface area contributed by atoms with Gasteiger partial charge < -0.3 is 11.1 Å². The third-order valence-electron chi connectivity index (χ3n) is 5.90. The number of pyridine rings is 1. The zero-order chi connectivity index (χ0) is 28.0. The third kappa shape index (κ3) is 4.38. The number of benzene rings is 3. The van der Waals surface area contributed by atoms with E-state index >= 15 is 4.39 Å². The van der Waals surface area contributed by atoms with Crippen LogP contribution in [0.5, 0.6) is 0 Å². The van der Waals surface area contributed by atoms with Gasteiger partial charge in [-0.25, -0.2) is 32.2 Å². The first kappa shape index (κ1) is 25.3. The van der Waals surface area contributed by atoms with Crippen molar-refractivity contribution in [2.75, 3.05) is 15.8 Å². The normalized spacial score (nSPS) is 11.7. The zero-order valence-electron chi connectivity index (χ0n) is 20.0. The quantitative estimate of drug-likeness (QED) is 0.236. The lowest BCUT2D eigenvalue weighted by molar-refractivity contribution is 0.588. The van der Waals surface area contributed by atoms with Gasteiger partial charge >= 0.3 is 0 Å². The first-order chi connectivity index (χ1) is 19.2. The van der Waals surface area contributed by atoms with Crippen LogP contribution in [0.3, 0.4) is 0 Å². The van der Waals surface area contributed by atoms with Crippen LogP contribution in [0, 0.1) is 11.6 Å². The van der Waals surface area contributed by atoms with Crippen LogP contribution in [0.15, 0.2) is 78.0 Å². The van der Waals surface area contributed by atoms with E-state index in [2.05, 4.69) is 35.3 Å². The number of hydrogen-bond acceptors (Lipinski definition) is 9. The highest BCUT2D eigenvalue weighted by atomic mass is 35.5. The van der Waals surface area contributed by atoms with E-state index in [9.17, 15) is 12.8 Å². The zero-order valence-corrected chi connectivity index (χ0v) is 21.6. The molecule has 0 unspecified atom stereocenters. The Morgan fingerprint density at radius 1 is 0.925 bits per heavy atom. The molecule has 0 radical (unpaired) electrons. The number of nitrogens with one attached hydrogen (secondary N) is 2. The molecule has 40 heavy (non-hydrogen) atoms. The smallest absolute Gasteiger partial charge is 0.263 e. The Labute approximate surface area is 229 Å². The number of halogens is 3. The lowest BCUT2D eigenvalue weighted by Crippen LogP contribution is -2.15. The van der Waals surface area contributed by atoms with Gasteiger partial charge in [-0.1, -0.05) is 35.0 Å². The van der Waals surface area contributed by atoms with Crippen molar-refractivity contribution in [1.82, 2.24) is 29.9 Å². The van der Waals surface area contributed by atoms with Crippen molar-refractivity contribution < 1.29 is 17.2 Å². The third-order valence-corrected chi connectivity index (χ3v) is 7.76. The van der Waals surface area contributed by atoms with Crippen LogP contribution in [0.4, 0.5) is 31.7 Å². The van der Waals surface area contributed by atoms with Gasteiger partial charge in [-0.05, 0) is 48.5 Å². The topological polar surface area (TPSA) is 154 Å². The highest BCUT2D eigenvalue weighted by Gasteiger charge is 2.23. The van der Waals surface area contributed by atoms with Crippen molar-refractivity contribution in [3.63, 3.8) is 0 Å². The molecule has 0 aliphatic rings. The first-order valence-corrected chi connectivity index (χ1v) is 13.3. The molecule has 3 aromatic carbocycles. The Kier molecular flexibility index (Phi) is 6.12. The van der Waals surface area contributed by atoms with E-state index in [1.807, 2.05) is 0 Å². The summed E-state index contributed by atoms with van der Waals surface area (Å²) in [6.07, 6.45) is 1.19. The van der Waals surface area contributed by atoms with E-state index in [1.54, 1.807) is 36.4 Å². The summed E-state index contributed by atoms with van der Waals surface area (Å²) in [4.78, 5) is 12.5. The van der Waals surface area contributed by atoms with E-state index in [4.69, 9.17) is 17.3 Å². The van der Waals surface area contributed by atoms with Crippen molar-refractivity contribution in [3.8, 4) is 5.82 Å². The SMILES string of the molecule is Nc1cccc2c1nnn2-c1ccc2ncnc(Nc3c(F)ccc(NS(=O)(=O)c4ccccc4Cl)c3F)c2n1. The predicted molar refractivity (Wildman–Crippen MR) is 146 cm³/mol. The molecule has 0 saturated carbocycles. The number of hydrogen-bond donors (Lipinski definition) is 3. The largest absolute Gasteiger partial charge is 0.397 e. The summed E-state index contributed by atoms with van der Waals surface area (Å²) in [6, 6.07) is 16.0. The van der Waals surface area contributed by atoms with Gasteiger partial charge in [0, 0.05) is 0 Å². The van der Waals surface area contributed by atoms with Gasteiger partial charge in [-0.2, -0.15) is 4.68 Å². The number of aromatic nitrogens is 6. The van der Waals surface area contributed by atoms with Gasteiger partial charge in [-0.15, -0.1) is 5.10 Å². The van der Waals surface area contributed by atoms with Gasteiger partial charge in [0.2, 0.25) is 0 Å². The van der Waals surface area contributed by atoms with Crippen LogP contribution in [0.2, 0.25) is 5.02 Å². The lowest BCUT2D eigenvalue weighted by atomic mass is 10.2. The highest BCUT2D eigenvalue weighted by molar-refractivity contribution is 7.92. The number of nitrogens with two attached hydrogens (primary N) is 1. The summed E-state index contributed by atoms with van der Waals surface area (Å²) in [5, 5.41) is 10.7. The fourth-order valence-electron chi connectivity index (χ4n) is 4.00. The molecule has 0 spiro atoms. The van der Waals surface area contributed by atoms with Gasteiger partial charge in [-0.3, -0.25) is 4.72 Å². The van der Waals surface area contributed by atoms with Crippen molar-refractivity contribution in [1.29, 1.82) is 0 Å². The minimum atomic E-state index is -4.29. The molecule has 11 nitrogen and oxygen atoms in total. The second-order valence-electron chi connectivity index (χ2n) is 8.42. The maximum atomic E-state index is 15.5. The lowest BCUT2D eigenvalue weighted by Gasteiger charge is -2.14. The molecule has 3 heterocycles. The van der Waals surface area contributed by atoms with Crippen LogP contribution in [0.1, 0.15) is 0 Å². The standard InChI is InChI=1S/C25H16ClF2N9O2S/c26-13-4-1-2-7-19(13)40(38,39)35-16-9-8-14(27)22(21(16)28)33-25-24-17(30-12-31-25)10-11-20(32-24)37-18-6-3-5-15(29)23(18)34-36-37/h1-12,35H,29H2,(H,30,31,33). The molecule has 0 bridgehead atoms. The van der Waals surface area contributed by atoms with Crippen molar-refractivity contribution in [3.05, 3.63) is 89.7 Å². The molecule has 0 fully saturated rings. The Balaban J connectivity index is 1.40. The summed E-state index contributed by atoms with van der Waals surface area (Å²) < 4.78 is 59.6. The molecule has 0 aliphatic heterocycles. The van der Waals surface area contributed by atoms with Crippen LogP contribution < -0.4 is 15.8 Å². The molecule has 0 saturated heterocycles. The molecule has 0 aliphatic carbocycles. The number of fused-ring (bicyclic) bond motifs is 2. The number of nitrogen functional groups attached to an aromatic ring is 1. The fraction of sp³-hybridized carbons (Fsp3) is 0. The highest BCUT2D eigenvalue weighted by Crippen LogP contribution is 2.32. The van der Waals surface area contributed by atoms with E-state index in [0.717, 1.165) is 12.1 Å². The van der Waals surface area contributed by atoms with E-state index in [0.29, 0.717) is 28.1 Å². The summed E-state index contributed by atoms with van der Waals surface area (Å²) >= 11 is 6.00. The van der Waals surface area contributed by atoms with Crippen LogP contribution in [0.25, 0.3) is 27.9 Å². The average Bonchev–Trinajstić information content (AvgIpc) is 3.38. The molecular formula is C25H16ClF2N9O2S. The Bertz CT molecular complexity index is 2050. The molecule has 3 aromatic heterocycles. The monoisotopic (exact) mass is 579 g/mol. The molecule has 15 heteroatoms. The van der Waals surface area contributed by atoms with Crippen molar-refractivity contribution in [2.45, 2.75) is 4.90 Å². The minimum Gasteiger partial charge on any atom is -0.397 e. The number of sulfonamides is 1. The van der Waals surface area contributed by atoms with Crippen LogP contribution in [-0.2, 0) is 10.0 Å². The van der Waals surface area contributed by atoms with Gasteiger partial charge in [0.05, 0.1) is 27.4 Å². The predicted octanol–water partition coefficient (Wildman–Crippen LogP) is 4.82. The molecule has 0 atom stereocenters. The number of anilines is 4. The average molecular weight is 580 g/mol. The number of rotatable bonds is 6. The van der Waals surface area contributed by atoms with Gasteiger partial charge in [0.25, 0.3) is 10.0 Å². The first-order valence-electron chi connectivity index (χ1n) is 11.5. The van der Waals surface area contributed by atoms with E-state index < -0.39 is 33.0 Å². The molecule has 6 aromatic rings. The van der Waals surface area contributed by atoms with E-state index in [-0.39, 0.29) is 21.3 Å². The second kappa shape index (κ2) is 9.66. The van der Waals surface area contributed by atoms with Gasteiger partial charge in [0.1, 0.15) is 33.8 Å². The maximum Gasteiger partial charge on any atom is 0.263 e. The Morgan fingerprint density at radius 3 is 2.58 bits per heavy atom. The maximum absolute atomic E-state index is 15.5. The number of nitrogens with zero attached hydrogens (tertiary/aromatic N) is 6. The summed E-state index contributed by atoms with van der Waals surface area (Å²) in [5.41, 5.74) is 6.84. The van der Waals surface area contributed by atoms with E-state index in [1.165, 1.54) is 29.2 Å². The summed E-state index contributed by atoms with van der Waals surface area (Å²) in [7, 11) is -4.29. The molecule has 200 valence electrons. The summed E-state index contributed by atoms with van der Waals surface area (Å²) in [5.74, 6) is -1.93. The van der Waals surface area contributed by atoms with Crippen molar-refractivity contribution >= 4 is 66.6 Å². The summed E-state index contributed by atoms with van der Waals surface area (Å²) in [6.45, 7) is 0.